The lowest BCUT2D eigenvalue weighted by Gasteiger charge is -2.37. The van der Waals surface area contributed by atoms with E-state index in [-0.39, 0.29) is 5.91 Å². The van der Waals surface area contributed by atoms with Crippen molar-refractivity contribution in [3.8, 4) is 5.75 Å². The molecule has 3 rings (SSSR count). The number of nitrogens with one attached hydrogen (secondary N) is 1. The number of ether oxygens (including phenoxy) is 1. The SMILES string of the molecule is CCCCNC(=O)c1cc(N2CCN(c3ccccc3OC)CC2)ccn1. The number of hydrogen-bond acceptors (Lipinski definition) is 5. The molecule has 1 aromatic carbocycles. The van der Waals surface area contributed by atoms with Crippen molar-refractivity contribution in [3.05, 3.63) is 48.3 Å². The Labute approximate surface area is 161 Å². The van der Waals surface area contributed by atoms with Gasteiger partial charge < -0.3 is 19.9 Å². The number of unbranched alkanes of at least 4 members (excludes halogenated alkanes) is 1. The summed E-state index contributed by atoms with van der Waals surface area (Å²) in [6.07, 6.45) is 3.76. The predicted octanol–water partition coefficient (Wildman–Crippen LogP) is 2.95. The molecule has 2 aromatic rings. The maximum absolute atomic E-state index is 12.2. The molecule has 1 aliphatic rings. The Kier molecular flexibility index (Phi) is 6.52. The number of methoxy groups -OCH3 is 1. The summed E-state index contributed by atoms with van der Waals surface area (Å²) in [7, 11) is 1.71. The number of pyridine rings is 1. The highest BCUT2D eigenvalue weighted by atomic mass is 16.5. The second-order valence-electron chi connectivity index (χ2n) is 6.65. The fourth-order valence-electron chi connectivity index (χ4n) is 3.31. The summed E-state index contributed by atoms with van der Waals surface area (Å²) < 4.78 is 5.48. The summed E-state index contributed by atoms with van der Waals surface area (Å²) in [6, 6.07) is 12.0. The van der Waals surface area contributed by atoms with Gasteiger partial charge in [0.2, 0.25) is 0 Å². The van der Waals surface area contributed by atoms with Gasteiger partial charge in [0.05, 0.1) is 12.8 Å². The third-order valence-corrected chi connectivity index (χ3v) is 4.86. The van der Waals surface area contributed by atoms with Crippen molar-refractivity contribution < 1.29 is 9.53 Å². The van der Waals surface area contributed by atoms with Crippen LogP contribution in [0.4, 0.5) is 11.4 Å². The highest BCUT2D eigenvalue weighted by Gasteiger charge is 2.20. The molecule has 0 spiro atoms. The highest BCUT2D eigenvalue weighted by Crippen LogP contribution is 2.29. The Morgan fingerprint density at radius 1 is 1.15 bits per heavy atom. The van der Waals surface area contributed by atoms with Crippen LogP contribution in [0.3, 0.4) is 0 Å². The van der Waals surface area contributed by atoms with Crippen molar-refractivity contribution in [1.82, 2.24) is 10.3 Å². The molecule has 27 heavy (non-hydrogen) atoms. The number of carbonyl (C=O) groups excluding carboxylic acids is 1. The number of carbonyl (C=O) groups is 1. The molecule has 1 saturated heterocycles. The van der Waals surface area contributed by atoms with Gasteiger partial charge in [-0.2, -0.15) is 0 Å². The van der Waals surface area contributed by atoms with Gasteiger partial charge in [0.1, 0.15) is 11.4 Å². The van der Waals surface area contributed by atoms with Gasteiger partial charge >= 0.3 is 0 Å². The zero-order chi connectivity index (χ0) is 19.1. The molecule has 0 unspecified atom stereocenters. The van der Waals surface area contributed by atoms with E-state index in [0.29, 0.717) is 12.2 Å². The van der Waals surface area contributed by atoms with E-state index < -0.39 is 0 Å². The number of aromatic nitrogens is 1. The number of nitrogens with zero attached hydrogens (tertiary/aromatic N) is 3. The Balaban J connectivity index is 1.62. The molecule has 6 heteroatoms. The lowest BCUT2D eigenvalue weighted by Crippen LogP contribution is -2.46. The van der Waals surface area contributed by atoms with Crippen LogP contribution in [0.5, 0.6) is 5.75 Å². The maximum atomic E-state index is 12.2. The van der Waals surface area contributed by atoms with E-state index in [2.05, 4.69) is 33.1 Å². The third kappa shape index (κ3) is 4.70. The highest BCUT2D eigenvalue weighted by molar-refractivity contribution is 5.93. The first-order chi connectivity index (χ1) is 13.2. The van der Waals surface area contributed by atoms with Gasteiger partial charge in [0.25, 0.3) is 5.91 Å². The van der Waals surface area contributed by atoms with Crippen LogP contribution < -0.4 is 19.9 Å². The molecule has 0 aliphatic carbocycles. The lowest BCUT2D eigenvalue weighted by molar-refractivity contribution is 0.0948. The van der Waals surface area contributed by atoms with E-state index in [4.69, 9.17) is 4.74 Å². The second-order valence-corrected chi connectivity index (χ2v) is 6.65. The molecule has 2 heterocycles. The summed E-state index contributed by atoms with van der Waals surface area (Å²) in [5.41, 5.74) is 2.66. The van der Waals surface area contributed by atoms with Crippen LogP contribution >= 0.6 is 0 Å². The monoisotopic (exact) mass is 368 g/mol. The Hall–Kier alpha value is -2.76. The predicted molar refractivity (Wildman–Crippen MR) is 109 cm³/mol. The summed E-state index contributed by atoms with van der Waals surface area (Å²) in [5.74, 6) is 0.804. The minimum Gasteiger partial charge on any atom is -0.495 e. The van der Waals surface area contributed by atoms with Crippen molar-refractivity contribution >= 4 is 17.3 Å². The van der Waals surface area contributed by atoms with Crippen molar-refractivity contribution in [2.45, 2.75) is 19.8 Å². The quantitative estimate of drug-likeness (QED) is 0.762. The Morgan fingerprint density at radius 2 is 1.89 bits per heavy atom. The van der Waals surface area contributed by atoms with Crippen molar-refractivity contribution in [1.29, 1.82) is 0 Å². The van der Waals surface area contributed by atoms with Crippen molar-refractivity contribution in [3.63, 3.8) is 0 Å². The lowest BCUT2D eigenvalue weighted by atomic mass is 10.2. The summed E-state index contributed by atoms with van der Waals surface area (Å²) in [5, 5.41) is 2.93. The molecule has 0 radical (unpaired) electrons. The van der Waals surface area contributed by atoms with Gasteiger partial charge in [-0.1, -0.05) is 25.5 Å². The van der Waals surface area contributed by atoms with Gasteiger partial charge in [-0.25, -0.2) is 0 Å². The van der Waals surface area contributed by atoms with Crippen LogP contribution in [0, 0.1) is 0 Å². The molecule has 144 valence electrons. The van der Waals surface area contributed by atoms with Gasteiger partial charge in [-0.15, -0.1) is 0 Å². The van der Waals surface area contributed by atoms with E-state index in [1.807, 2.05) is 30.3 Å². The molecule has 0 bridgehead atoms. The fourth-order valence-corrected chi connectivity index (χ4v) is 3.31. The van der Waals surface area contributed by atoms with Crippen LogP contribution in [0.15, 0.2) is 42.6 Å². The molecule has 1 aromatic heterocycles. The minimum atomic E-state index is -0.0991. The normalized spacial score (nSPS) is 14.1. The smallest absolute Gasteiger partial charge is 0.269 e. The van der Waals surface area contributed by atoms with Gasteiger partial charge in [0.15, 0.2) is 0 Å². The number of hydrogen-bond donors (Lipinski definition) is 1. The number of rotatable bonds is 7. The Bertz CT molecular complexity index is 757. The third-order valence-electron chi connectivity index (χ3n) is 4.86. The number of amides is 1. The summed E-state index contributed by atoms with van der Waals surface area (Å²) in [6.45, 7) is 6.38. The average molecular weight is 368 g/mol. The molecule has 6 nitrogen and oxygen atoms in total. The number of anilines is 2. The van der Waals surface area contributed by atoms with Crippen LogP contribution in [0.2, 0.25) is 0 Å². The van der Waals surface area contributed by atoms with E-state index >= 15 is 0 Å². The number of piperazine rings is 1. The molecule has 1 amide bonds. The van der Waals surface area contributed by atoms with Crippen LogP contribution in [-0.2, 0) is 0 Å². The van der Waals surface area contributed by atoms with Crippen molar-refractivity contribution in [2.24, 2.45) is 0 Å². The molecule has 0 atom stereocenters. The first kappa shape index (κ1) is 19.0. The second kappa shape index (κ2) is 9.26. The van der Waals surface area contributed by atoms with E-state index in [1.54, 1.807) is 13.3 Å². The Morgan fingerprint density at radius 3 is 2.63 bits per heavy atom. The zero-order valence-electron chi connectivity index (χ0n) is 16.1. The van der Waals surface area contributed by atoms with E-state index in [9.17, 15) is 4.79 Å². The average Bonchev–Trinajstić information content (AvgIpc) is 2.74. The molecular formula is C21H28N4O2. The van der Waals surface area contributed by atoms with Crippen molar-refractivity contribution in [2.75, 3.05) is 49.6 Å². The van der Waals surface area contributed by atoms with Crippen LogP contribution in [0.1, 0.15) is 30.3 Å². The van der Waals surface area contributed by atoms with Crippen LogP contribution in [-0.4, -0.2) is 50.7 Å². The van der Waals surface area contributed by atoms with E-state index in [0.717, 1.165) is 56.1 Å². The number of benzene rings is 1. The number of para-hydroxylation sites is 2. The topological polar surface area (TPSA) is 57.7 Å². The minimum absolute atomic E-state index is 0.0991. The first-order valence-corrected chi connectivity index (χ1v) is 9.60. The maximum Gasteiger partial charge on any atom is 0.269 e. The summed E-state index contributed by atoms with van der Waals surface area (Å²) >= 11 is 0. The fraction of sp³-hybridized carbons (Fsp3) is 0.429. The first-order valence-electron chi connectivity index (χ1n) is 9.60. The van der Waals surface area contributed by atoms with Gasteiger partial charge in [0, 0.05) is 44.6 Å². The molecule has 1 N–H and O–H groups in total. The molecule has 1 aliphatic heterocycles. The van der Waals surface area contributed by atoms with E-state index in [1.165, 1.54) is 0 Å². The van der Waals surface area contributed by atoms with Gasteiger partial charge in [-0.3, -0.25) is 9.78 Å². The standard InChI is InChI=1S/C21H28N4O2/c1-3-4-10-23-21(26)18-16-17(9-11-22-18)24-12-14-25(15-13-24)19-7-5-6-8-20(19)27-2/h5-9,11,16H,3-4,10,12-15H2,1-2H3,(H,23,26). The van der Waals surface area contributed by atoms with Gasteiger partial charge in [-0.05, 0) is 30.7 Å². The zero-order valence-corrected chi connectivity index (χ0v) is 16.1. The molecular weight excluding hydrogens is 340 g/mol. The molecule has 1 fully saturated rings. The summed E-state index contributed by atoms with van der Waals surface area (Å²) in [4.78, 5) is 21.1. The van der Waals surface area contributed by atoms with Crippen LogP contribution in [0.25, 0.3) is 0 Å². The molecule has 0 saturated carbocycles. The largest absolute Gasteiger partial charge is 0.495 e.